The van der Waals surface area contributed by atoms with Crippen LogP contribution in [-0.2, 0) is 0 Å². The second-order valence-corrected chi connectivity index (χ2v) is 5.05. The third-order valence-electron chi connectivity index (χ3n) is 3.26. The van der Waals surface area contributed by atoms with E-state index in [9.17, 15) is 8.78 Å². The zero-order valence-corrected chi connectivity index (χ0v) is 12.3. The molecule has 0 amide bonds. The van der Waals surface area contributed by atoms with E-state index in [1.807, 2.05) is 0 Å². The highest BCUT2D eigenvalue weighted by Crippen LogP contribution is 2.33. The molecule has 2 aromatic carbocycles. The third-order valence-corrected chi connectivity index (χ3v) is 3.49. The Kier molecular flexibility index (Phi) is 4.77. The van der Waals surface area contributed by atoms with Gasteiger partial charge in [0.15, 0.2) is 0 Å². The number of hydrazine groups is 1. The molecule has 112 valence electrons. The molecular formula is C15H15ClF2N2O. The van der Waals surface area contributed by atoms with Crippen molar-refractivity contribution in [2.75, 3.05) is 7.11 Å². The SMILES string of the molecule is COc1ccc(Cl)cc1C(NN)c1cc(C)c(F)cc1F. The van der Waals surface area contributed by atoms with Crippen LogP contribution in [0.5, 0.6) is 5.75 Å². The number of benzene rings is 2. The molecule has 6 heteroatoms. The summed E-state index contributed by atoms with van der Waals surface area (Å²) in [5.41, 5.74) is 3.64. The summed E-state index contributed by atoms with van der Waals surface area (Å²) in [6, 6.07) is 6.49. The third kappa shape index (κ3) is 3.15. The molecule has 3 nitrogen and oxygen atoms in total. The minimum Gasteiger partial charge on any atom is -0.496 e. The van der Waals surface area contributed by atoms with Crippen molar-refractivity contribution in [2.45, 2.75) is 13.0 Å². The van der Waals surface area contributed by atoms with E-state index in [2.05, 4.69) is 5.43 Å². The van der Waals surface area contributed by atoms with Crippen LogP contribution in [0.4, 0.5) is 8.78 Å². The Morgan fingerprint density at radius 1 is 1.14 bits per heavy atom. The van der Waals surface area contributed by atoms with Crippen molar-refractivity contribution < 1.29 is 13.5 Å². The first-order valence-corrected chi connectivity index (χ1v) is 6.60. The van der Waals surface area contributed by atoms with Crippen molar-refractivity contribution in [2.24, 2.45) is 5.84 Å². The minimum atomic E-state index is -0.710. The second-order valence-electron chi connectivity index (χ2n) is 4.61. The molecule has 3 N–H and O–H groups in total. The van der Waals surface area contributed by atoms with Gasteiger partial charge in [-0.3, -0.25) is 5.84 Å². The molecule has 0 radical (unpaired) electrons. The summed E-state index contributed by atoms with van der Waals surface area (Å²) in [6.07, 6.45) is 0. The Morgan fingerprint density at radius 2 is 1.86 bits per heavy atom. The summed E-state index contributed by atoms with van der Waals surface area (Å²) in [7, 11) is 1.49. The maximum atomic E-state index is 14.1. The number of aryl methyl sites for hydroxylation is 1. The van der Waals surface area contributed by atoms with Crippen LogP contribution >= 0.6 is 11.6 Å². The minimum absolute atomic E-state index is 0.219. The molecule has 0 aliphatic heterocycles. The van der Waals surface area contributed by atoms with Gasteiger partial charge < -0.3 is 4.74 Å². The van der Waals surface area contributed by atoms with E-state index in [4.69, 9.17) is 22.2 Å². The zero-order valence-electron chi connectivity index (χ0n) is 11.6. The van der Waals surface area contributed by atoms with Gasteiger partial charge in [0, 0.05) is 22.2 Å². The number of hydrogen-bond acceptors (Lipinski definition) is 3. The maximum absolute atomic E-state index is 14.1. The average Bonchev–Trinajstić information content (AvgIpc) is 2.45. The van der Waals surface area contributed by atoms with E-state index in [1.54, 1.807) is 25.1 Å². The van der Waals surface area contributed by atoms with Gasteiger partial charge in [0.05, 0.1) is 13.2 Å². The lowest BCUT2D eigenvalue weighted by Gasteiger charge is -2.21. The Bertz CT molecular complexity index is 664. The van der Waals surface area contributed by atoms with Crippen LogP contribution in [0.3, 0.4) is 0 Å². The van der Waals surface area contributed by atoms with Crippen LogP contribution in [0.2, 0.25) is 5.02 Å². The van der Waals surface area contributed by atoms with Gasteiger partial charge in [0.1, 0.15) is 17.4 Å². The van der Waals surface area contributed by atoms with Gasteiger partial charge >= 0.3 is 0 Å². The van der Waals surface area contributed by atoms with Gasteiger partial charge in [-0.05, 0) is 36.8 Å². The maximum Gasteiger partial charge on any atom is 0.131 e. The number of nitrogens with two attached hydrogens (primary N) is 1. The lowest BCUT2D eigenvalue weighted by atomic mass is 9.96. The molecule has 2 aromatic rings. The molecule has 1 unspecified atom stereocenters. The van der Waals surface area contributed by atoms with Gasteiger partial charge in [-0.1, -0.05) is 11.6 Å². The molecule has 21 heavy (non-hydrogen) atoms. The summed E-state index contributed by atoms with van der Waals surface area (Å²) in [5.74, 6) is 4.76. The highest BCUT2D eigenvalue weighted by atomic mass is 35.5. The summed E-state index contributed by atoms with van der Waals surface area (Å²) in [6.45, 7) is 1.56. The molecule has 0 heterocycles. The zero-order chi connectivity index (χ0) is 15.6. The second kappa shape index (κ2) is 6.39. The van der Waals surface area contributed by atoms with Crippen LogP contribution < -0.4 is 16.0 Å². The van der Waals surface area contributed by atoms with Gasteiger partial charge in [0.2, 0.25) is 0 Å². The van der Waals surface area contributed by atoms with Crippen molar-refractivity contribution >= 4 is 11.6 Å². The largest absolute Gasteiger partial charge is 0.496 e. The molecule has 0 spiro atoms. The smallest absolute Gasteiger partial charge is 0.131 e. The molecule has 0 bridgehead atoms. The number of hydrogen-bond donors (Lipinski definition) is 2. The number of methoxy groups -OCH3 is 1. The van der Waals surface area contributed by atoms with Crippen LogP contribution in [0.25, 0.3) is 0 Å². The van der Waals surface area contributed by atoms with Crippen LogP contribution in [0, 0.1) is 18.6 Å². The Morgan fingerprint density at radius 3 is 2.48 bits per heavy atom. The molecular weight excluding hydrogens is 298 g/mol. The lowest BCUT2D eigenvalue weighted by Crippen LogP contribution is -2.30. The normalized spacial score (nSPS) is 12.3. The van der Waals surface area contributed by atoms with E-state index >= 15 is 0 Å². The monoisotopic (exact) mass is 312 g/mol. The lowest BCUT2D eigenvalue weighted by molar-refractivity contribution is 0.403. The summed E-state index contributed by atoms with van der Waals surface area (Å²) in [5, 5.41) is 0.463. The first kappa shape index (κ1) is 15.7. The molecule has 0 saturated heterocycles. The van der Waals surface area contributed by atoms with E-state index in [0.29, 0.717) is 21.9 Å². The Labute approximate surface area is 126 Å². The average molecular weight is 313 g/mol. The number of rotatable bonds is 4. The first-order valence-electron chi connectivity index (χ1n) is 6.23. The van der Waals surface area contributed by atoms with Gasteiger partial charge in [-0.15, -0.1) is 0 Å². The molecule has 2 rings (SSSR count). The van der Waals surface area contributed by atoms with E-state index in [-0.39, 0.29) is 5.56 Å². The van der Waals surface area contributed by atoms with Crippen molar-refractivity contribution in [1.29, 1.82) is 0 Å². The van der Waals surface area contributed by atoms with Crippen molar-refractivity contribution in [3.8, 4) is 5.75 Å². The fourth-order valence-electron chi connectivity index (χ4n) is 2.18. The van der Waals surface area contributed by atoms with E-state index in [1.165, 1.54) is 13.2 Å². The van der Waals surface area contributed by atoms with Gasteiger partial charge in [-0.25, -0.2) is 14.2 Å². The number of halogens is 3. The number of nitrogens with one attached hydrogen (secondary N) is 1. The van der Waals surface area contributed by atoms with Crippen LogP contribution in [0.1, 0.15) is 22.7 Å². The fourth-order valence-corrected chi connectivity index (χ4v) is 2.36. The molecule has 0 saturated carbocycles. The molecule has 0 fully saturated rings. The molecule has 0 aliphatic rings. The van der Waals surface area contributed by atoms with Gasteiger partial charge in [0.25, 0.3) is 0 Å². The highest BCUT2D eigenvalue weighted by Gasteiger charge is 2.22. The van der Waals surface area contributed by atoms with E-state index < -0.39 is 17.7 Å². The van der Waals surface area contributed by atoms with E-state index in [0.717, 1.165) is 6.07 Å². The molecule has 1 atom stereocenters. The van der Waals surface area contributed by atoms with Crippen molar-refractivity contribution in [3.63, 3.8) is 0 Å². The summed E-state index contributed by atoms with van der Waals surface area (Å²) in [4.78, 5) is 0. The van der Waals surface area contributed by atoms with Crippen LogP contribution in [0.15, 0.2) is 30.3 Å². The fraction of sp³-hybridized carbons (Fsp3) is 0.200. The molecule has 0 aromatic heterocycles. The Hall–Kier alpha value is -1.69. The standard InChI is InChI=1S/C15H15ClF2N2O/c1-8-5-10(13(18)7-12(8)17)15(20-19)11-6-9(16)3-4-14(11)21-2/h3-7,15,20H,19H2,1-2H3. The predicted molar refractivity (Wildman–Crippen MR) is 78.3 cm³/mol. The Balaban J connectivity index is 2.59. The first-order chi connectivity index (χ1) is 9.97. The van der Waals surface area contributed by atoms with Crippen molar-refractivity contribution in [1.82, 2.24) is 5.43 Å². The highest BCUT2D eigenvalue weighted by molar-refractivity contribution is 6.30. The number of ether oxygens (including phenoxy) is 1. The van der Waals surface area contributed by atoms with Crippen molar-refractivity contribution in [3.05, 3.63) is 63.7 Å². The summed E-state index contributed by atoms with van der Waals surface area (Å²) >= 11 is 5.98. The van der Waals surface area contributed by atoms with Crippen LogP contribution in [-0.4, -0.2) is 7.11 Å². The predicted octanol–water partition coefficient (Wildman–Crippen LogP) is 3.49. The molecule has 0 aliphatic carbocycles. The summed E-state index contributed by atoms with van der Waals surface area (Å²) < 4.78 is 32.7. The van der Waals surface area contributed by atoms with Gasteiger partial charge in [-0.2, -0.15) is 0 Å². The topological polar surface area (TPSA) is 47.3 Å². The quantitative estimate of drug-likeness (QED) is 0.671.